The normalized spacial score (nSPS) is 13.7. The fourth-order valence-corrected chi connectivity index (χ4v) is 2.18. The van der Waals surface area contributed by atoms with Crippen LogP contribution in [-0.4, -0.2) is 16.6 Å². The molecule has 2 heteroatoms. The standard InChI is InChI=1S/C15H24OS/c1-15(2,3)11-9-13-5-7-14(8-6-13)10-12-17(4)16/h5-8H,9-12H2,1-4H3. The molecule has 0 aliphatic rings. The van der Waals surface area contributed by atoms with Crippen LogP contribution in [0, 0.1) is 5.41 Å². The molecule has 1 atom stereocenters. The first kappa shape index (κ1) is 14.6. The largest absolute Gasteiger partial charge is 0.617 e. The van der Waals surface area contributed by atoms with E-state index < -0.39 is 11.2 Å². The van der Waals surface area contributed by atoms with Gasteiger partial charge in [-0.1, -0.05) is 56.2 Å². The molecule has 1 rings (SSSR count). The molecule has 0 N–H and O–H groups in total. The van der Waals surface area contributed by atoms with Crippen molar-refractivity contribution in [3.8, 4) is 0 Å². The first-order valence-electron chi connectivity index (χ1n) is 6.25. The van der Waals surface area contributed by atoms with Gasteiger partial charge in [0.25, 0.3) is 0 Å². The lowest BCUT2D eigenvalue weighted by Crippen LogP contribution is -2.07. The van der Waals surface area contributed by atoms with Crippen molar-refractivity contribution < 1.29 is 4.55 Å². The third-order valence-corrected chi connectivity index (χ3v) is 3.64. The molecule has 0 aliphatic heterocycles. The molecule has 0 saturated carbocycles. The highest BCUT2D eigenvalue weighted by Gasteiger charge is 2.09. The molecule has 0 bridgehead atoms. The van der Waals surface area contributed by atoms with E-state index in [9.17, 15) is 4.55 Å². The second kappa shape index (κ2) is 6.46. The van der Waals surface area contributed by atoms with Crippen LogP contribution in [0.1, 0.15) is 38.3 Å². The van der Waals surface area contributed by atoms with E-state index in [1.54, 1.807) is 6.26 Å². The van der Waals surface area contributed by atoms with E-state index in [0.717, 1.165) is 18.6 Å². The molecule has 1 unspecified atom stereocenters. The van der Waals surface area contributed by atoms with Gasteiger partial charge in [-0.3, -0.25) is 0 Å². The zero-order valence-corrected chi connectivity index (χ0v) is 12.3. The number of hydrogen-bond acceptors (Lipinski definition) is 1. The van der Waals surface area contributed by atoms with Crippen LogP contribution < -0.4 is 0 Å². The Hall–Kier alpha value is -0.470. The Labute approximate surface area is 109 Å². The van der Waals surface area contributed by atoms with Crippen molar-refractivity contribution in [1.82, 2.24) is 0 Å². The van der Waals surface area contributed by atoms with E-state index in [2.05, 4.69) is 45.0 Å². The quantitative estimate of drug-likeness (QED) is 0.734. The van der Waals surface area contributed by atoms with Crippen LogP contribution in [-0.2, 0) is 24.0 Å². The zero-order valence-electron chi connectivity index (χ0n) is 11.5. The first-order valence-corrected chi connectivity index (χ1v) is 7.97. The van der Waals surface area contributed by atoms with Crippen molar-refractivity contribution in [3.05, 3.63) is 35.4 Å². The average molecular weight is 252 g/mol. The van der Waals surface area contributed by atoms with Crippen LogP contribution in [0.5, 0.6) is 0 Å². The van der Waals surface area contributed by atoms with Crippen molar-refractivity contribution in [2.45, 2.75) is 40.0 Å². The van der Waals surface area contributed by atoms with Crippen LogP contribution in [0.25, 0.3) is 0 Å². The molecule has 0 saturated heterocycles. The highest BCUT2D eigenvalue weighted by atomic mass is 32.2. The molecule has 0 fully saturated rings. The summed E-state index contributed by atoms with van der Waals surface area (Å²) in [5, 5.41) is 0. The lowest BCUT2D eigenvalue weighted by molar-refractivity contribution is 0.378. The second-order valence-corrected chi connectivity index (χ2v) is 7.46. The highest BCUT2D eigenvalue weighted by Crippen LogP contribution is 2.21. The van der Waals surface area contributed by atoms with Crippen LogP contribution in [0.15, 0.2) is 24.3 Å². The minimum atomic E-state index is -0.687. The van der Waals surface area contributed by atoms with Gasteiger partial charge >= 0.3 is 0 Å². The van der Waals surface area contributed by atoms with Crippen LogP contribution in [0.4, 0.5) is 0 Å². The van der Waals surface area contributed by atoms with Gasteiger partial charge in [0.15, 0.2) is 0 Å². The molecule has 17 heavy (non-hydrogen) atoms. The van der Waals surface area contributed by atoms with Crippen molar-refractivity contribution in [3.63, 3.8) is 0 Å². The Kier molecular flexibility index (Phi) is 5.54. The number of hydrogen-bond donors (Lipinski definition) is 0. The Morgan fingerprint density at radius 3 is 1.88 bits per heavy atom. The van der Waals surface area contributed by atoms with E-state index in [-0.39, 0.29) is 0 Å². The van der Waals surface area contributed by atoms with E-state index in [1.807, 2.05) is 0 Å². The number of rotatable bonds is 5. The molecule has 96 valence electrons. The molecule has 0 heterocycles. The maximum atomic E-state index is 11.0. The van der Waals surface area contributed by atoms with Crippen molar-refractivity contribution in [1.29, 1.82) is 0 Å². The summed E-state index contributed by atoms with van der Waals surface area (Å²) in [6.07, 6.45) is 5.04. The summed E-state index contributed by atoms with van der Waals surface area (Å²) in [6.45, 7) is 6.83. The van der Waals surface area contributed by atoms with E-state index in [0.29, 0.717) is 5.41 Å². The number of aryl methyl sites for hydroxylation is 2. The summed E-state index contributed by atoms with van der Waals surface area (Å²) in [4.78, 5) is 0. The summed E-state index contributed by atoms with van der Waals surface area (Å²) in [7, 11) is 0. The maximum Gasteiger partial charge on any atom is 0.109 e. The smallest absolute Gasteiger partial charge is 0.109 e. The lowest BCUT2D eigenvalue weighted by Gasteiger charge is -2.17. The number of benzene rings is 1. The van der Waals surface area contributed by atoms with E-state index >= 15 is 0 Å². The molecule has 1 aromatic carbocycles. The monoisotopic (exact) mass is 252 g/mol. The van der Waals surface area contributed by atoms with Gasteiger partial charge in [0.1, 0.15) is 5.75 Å². The third-order valence-electron chi connectivity index (χ3n) is 2.86. The Morgan fingerprint density at radius 2 is 1.47 bits per heavy atom. The Morgan fingerprint density at radius 1 is 1.00 bits per heavy atom. The van der Waals surface area contributed by atoms with Gasteiger partial charge in [0.05, 0.1) is 6.26 Å². The molecular weight excluding hydrogens is 228 g/mol. The molecule has 0 aromatic heterocycles. The molecule has 0 spiro atoms. The van der Waals surface area contributed by atoms with Gasteiger partial charge in [-0.25, -0.2) is 0 Å². The lowest BCUT2D eigenvalue weighted by atomic mass is 9.88. The van der Waals surface area contributed by atoms with Crippen LogP contribution in [0.2, 0.25) is 0 Å². The fraction of sp³-hybridized carbons (Fsp3) is 0.600. The second-order valence-electron chi connectivity index (χ2n) is 5.90. The zero-order chi connectivity index (χ0) is 12.9. The molecule has 0 aliphatic carbocycles. The van der Waals surface area contributed by atoms with Gasteiger partial charge in [0.2, 0.25) is 0 Å². The third kappa shape index (κ3) is 6.75. The summed E-state index contributed by atoms with van der Waals surface area (Å²) >= 11 is -0.687. The minimum Gasteiger partial charge on any atom is -0.617 e. The van der Waals surface area contributed by atoms with Gasteiger partial charge in [0, 0.05) is 6.42 Å². The molecule has 1 aromatic rings. The van der Waals surface area contributed by atoms with Crippen LogP contribution in [0.3, 0.4) is 0 Å². The van der Waals surface area contributed by atoms with Gasteiger partial charge in [-0.15, -0.1) is 0 Å². The van der Waals surface area contributed by atoms with Gasteiger partial charge < -0.3 is 4.55 Å². The molecule has 0 radical (unpaired) electrons. The maximum absolute atomic E-state index is 11.0. The van der Waals surface area contributed by atoms with E-state index in [4.69, 9.17) is 0 Å². The molecule has 0 amide bonds. The van der Waals surface area contributed by atoms with Crippen LogP contribution >= 0.6 is 0 Å². The van der Waals surface area contributed by atoms with E-state index in [1.165, 1.54) is 17.5 Å². The fourth-order valence-electron chi connectivity index (χ4n) is 1.65. The molecular formula is C15H24OS. The summed E-state index contributed by atoms with van der Waals surface area (Å²) in [5.41, 5.74) is 3.10. The summed E-state index contributed by atoms with van der Waals surface area (Å²) < 4.78 is 11.0. The Balaban J connectivity index is 2.45. The predicted molar refractivity (Wildman–Crippen MR) is 76.9 cm³/mol. The minimum absolute atomic E-state index is 0.401. The SMILES string of the molecule is C[S+]([O-])CCc1ccc(CCC(C)(C)C)cc1. The van der Waals surface area contributed by atoms with Gasteiger partial charge in [-0.2, -0.15) is 0 Å². The van der Waals surface area contributed by atoms with Gasteiger partial charge in [-0.05, 0) is 29.4 Å². The highest BCUT2D eigenvalue weighted by molar-refractivity contribution is 7.90. The summed E-state index contributed by atoms with van der Waals surface area (Å²) in [5.74, 6) is 0.765. The Bertz CT molecular complexity index is 322. The topological polar surface area (TPSA) is 23.1 Å². The summed E-state index contributed by atoms with van der Waals surface area (Å²) in [6, 6.07) is 8.76. The van der Waals surface area contributed by atoms with Crippen molar-refractivity contribution in [2.75, 3.05) is 12.0 Å². The first-order chi connectivity index (χ1) is 7.87. The van der Waals surface area contributed by atoms with Crippen molar-refractivity contribution >= 4 is 11.2 Å². The predicted octanol–water partition coefficient (Wildman–Crippen LogP) is 3.59. The van der Waals surface area contributed by atoms with Crippen molar-refractivity contribution in [2.24, 2.45) is 5.41 Å². The molecule has 1 nitrogen and oxygen atoms in total. The average Bonchev–Trinajstić information content (AvgIpc) is 2.24.